The van der Waals surface area contributed by atoms with Gasteiger partial charge in [0.25, 0.3) is 5.91 Å². The molecule has 0 spiro atoms. The van der Waals surface area contributed by atoms with Gasteiger partial charge in [-0.15, -0.1) is 0 Å². The number of ether oxygens (including phenoxy) is 2. The number of nitrogens with one attached hydrogen (secondary N) is 3. The molecule has 1 saturated heterocycles. The number of rotatable bonds is 6. The van der Waals surface area contributed by atoms with Gasteiger partial charge in [0.1, 0.15) is 11.5 Å². The number of hydrogen-bond acceptors (Lipinski definition) is 5. The van der Waals surface area contributed by atoms with Gasteiger partial charge in [0.05, 0.1) is 32.0 Å². The highest BCUT2D eigenvalue weighted by atomic mass is 16.5. The number of aromatic nitrogens is 1. The fourth-order valence-corrected chi connectivity index (χ4v) is 3.94. The first-order chi connectivity index (χ1) is 14.1. The summed E-state index contributed by atoms with van der Waals surface area (Å²) in [6.45, 7) is 3.04. The SMILES string of the molecule is CCn1c(C2CC(NC(=O)c3ccc(OC)cc3OC)NN2)cc2ccccc21. The molecule has 7 heteroatoms. The number of carbonyl (C=O) groups excluding carboxylic acids is 1. The first kappa shape index (κ1) is 19.3. The Bertz CT molecular complexity index is 1030. The van der Waals surface area contributed by atoms with Crippen LogP contribution in [0.1, 0.15) is 35.4 Å². The Morgan fingerprint density at radius 3 is 2.72 bits per heavy atom. The molecule has 2 aromatic carbocycles. The third-order valence-electron chi connectivity index (χ3n) is 5.38. The van der Waals surface area contributed by atoms with Crippen molar-refractivity contribution in [3.8, 4) is 11.5 Å². The number of para-hydroxylation sites is 1. The van der Waals surface area contributed by atoms with Crippen molar-refractivity contribution in [2.45, 2.75) is 32.1 Å². The summed E-state index contributed by atoms with van der Waals surface area (Å²) < 4.78 is 12.9. The van der Waals surface area contributed by atoms with E-state index in [9.17, 15) is 4.79 Å². The average Bonchev–Trinajstić information content (AvgIpc) is 3.37. The summed E-state index contributed by atoms with van der Waals surface area (Å²) in [6, 6.07) is 15.9. The average molecular weight is 394 g/mol. The summed E-state index contributed by atoms with van der Waals surface area (Å²) in [5.74, 6) is 0.933. The third-order valence-corrected chi connectivity index (χ3v) is 5.38. The van der Waals surface area contributed by atoms with Gasteiger partial charge in [-0.05, 0) is 36.6 Å². The fraction of sp³-hybridized carbons (Fsp3) is 0.318. The number of hydrazine groups is 1. The first-order valence-electron chi connectivity index (χ1n) is 9.76. The molecule has 3 aromatic rings. The van der Waals surface area contributed by atoms with Crippen LogP contribution in [0.4, 0.5) is 0 Å². The van der Waals surface area contributed by atoms with Gasteiger partial charge in [-0.25, -0.2) is 10.9 Å². The van der Waals surface area contributed by atoms with Crippen molar-refractivity contribution in [2.24, 2.45) is 0 Å². The second-order valence-electron chi connectivity index (χ2n) is 7.04. The van der Waals surface area contributed by atoms with Crippen molar-refractivity contribution in [2.75, 3.05) is 14.2 Å². The van der Waals surface area contributed by atoms with Gasteiger partial charge in [-0.3, -0.25) is 4.79 Å². The summed E-state index contributed by atoms with van der Waals surface area (Å²) in [7, 11) is 3.12. The minimum Gasteiger partial charge on any atom is -0.497 e. The van der Waals surface area contributed by atoms with Gasteiger partial charge < -0.3 is 19.4 Å². The Morgan fingerprint density at radius 2 is 1.97 bits per heavy atom. The predicted molar refractivity (Wildman–Crippen MR) is 112 cm³/mol. The number of hydrogen-bond donors (Lipinski definition) is 3. The van der Waals surface area contributed by atoms with Gasteiger partial charge in [-0.1, -0.05) is 18.2 Å². The zero-order valence-corrected chi connectivity index (χ0v) is 16.9. The van der Waals surface area contributed by atoms with Crippen molar-refractivity contribution in [3.63, 3.8) is 0 Å². The van der Waals surface area contributed by atoms with E-state index in [-0.39, 0.29) is 18.1 Å². The molecular formula is C22H26N4O3. The van der Waals surface area contributed by atoms with Crippen LogP contribution in [-0.2, 0) is 6.54 Å². The normalized spacial score (nSPS) is 18.7. The smallest absolute Gasteiger partial charge is 0.256 e. The molecule has 1 fully saturated rings. The lowest BCUT2D eigenvalue weighted by Crippen LogP contribution is -2.44. The van der Waals surface area contributed by atoms with E-state index >= 15 is 0 Å². The van der Waals surface area contributed by atoms with E-state index in [1.807, 2.05) is 0 Å². The standard InChI is InChI=1S/C22H26N4O3/c1-4-26-18-8-6-5-7-14(18)11-19(26)17-13-21(25-24-17)23-22(27)16-10-9-15(28-2)12-20(16)29-3/h5-12,17,21,24-25H,4,13H2,1-3H3,(H,23,27). The second kappa shape index (κ2) is 8.14. The highest BCUT2D eigenvalue weighted by molar-refractivity contribution is 5.97. The first-order valence-corrected chi connectivity index (χ1v) is 9.76. The van der Waals surface area contributed by atoms with E-state index in [0.717, 1.165) is 13.0 Å². The molecule has 0 saturated carbocycles. The lowest BCUT2D eigenvalue weighted by atomic mass is 10.1. The quantitative estimate of drug-likeness (QED) is 0.599. The number of benzene rings is 2. The maximum atomic E-state index is 12.8. The van der Waals surface area contributed by atoms with Crippen LogP contribution in [0.2, 0.25) is 0 Å². The van der Waals surface area contributed by atoms with Crippen LogP contribution in [0.25, 0.3) is 10.9 Å². The molecular weight excluding hydrogens is 368 g/mol. The number of amides is 1. The van der Waals surface area contributed by atoms with E-state index in [2.05, 4.69) is 58.0 Å². The number of methoxy groups -OCH3 is 2. The molecule has 1 aliphatic rings. The highest BCUT2D eigenvalue weighted by Gasteiger charge is 2.29. The molecule has 4 rings (SSSR count). The zero-order chi connectivity index (χ0) is 20.4. The molecule has 1 aliphatic heterocycles. The molecule has 29 heavy (non-hydrogen) atoms. The minimum absolute atomic E-state index is 0.102. The predicted octanol–water partition coefficient (Wildman–Crippen LogP) is 2.97. The van der Waals surface area contributed by atoms with Crippen molar-refractivity contribution < 1.29 is 14.3 Å². The Kier molecular flexibility index (Phi) is 5.42. The summed E-state index contributed by atoms with van der Waals surface area (Å²) in [6.07, 6.45) is 0.545. The Labute approximate surface area is 170 Å². The third kappa shape index (κ3) is 3.66. The summed E-state index contributed by atoms with van der Waals surface area (Å²) in [5.41, 5.74) is 9.43. The molecule has 0 radical (unpaired) electrons. The molecule has 0 aliphatic carbocycles. The Morgan fingerprint density at radius 1 is 1.14 bits per heavy atom. The van der Waals surface area contributed by atoms with E-state index in [1.54, 1.807) is 32.4 Å². The minimum atomic E-state index is -0.194. The lowest BCUT2D eigenvalue weighted by Gasteiger charge is -2.15. The van der Waals surface area contributed by atoms with Crippen LogP contribution in [0.5, 0.6) is 11.5 Å². The van der Waals surface area contributed by atoms with E-state index in [1.165, 1.54) is 16.6 Å². The lowest BCUT2D eigenvalue weighted by molar-refractivity contribution is 0.0929. The van der Waals surface area contributed by atoms with Crippen molar-refractivity contribution in [1.29, 1.82) is 0 Å². The maximum Gasteiger partial charge on any atom is 0.256 e. The van der Waals surface area contributed by atoms with Gasteiger partial charge in [0.15, 0.2) is 0 Å². The van der Waals surface area contributed by atoms with E-state index < -0.39 is 0 Å². The molecule has 0 bridgehead atoms. The number of carbonyl (C=O) groups is 1. The zero-order valence-electron chi connectivity index (χ0n) is 16.9. The van der Waals surface area contributed by atoms with Crippen molar-refractivity contribution >= 4 is 16.8 Å². The molecule has 2 atom stereocenters. The van der Waals surface area contributed by atoms with Gasteiger partial charge in [0, 0.05) is 30.2 Å². The summed E-state index contributed by atoms with van der Waals surface area (Å²) >= 11 is 0. The van der Waals surface area contributed by atoms with E-state index in [0.29, 0.717) is 17.1 Å². The van der Waals surface area contributed by atoms with Crippen LogP contribution in [0, 0.1) is 0 Å². The van der Waals surface area contributed by atoms with E-state index in [4.69, 9.17) is 9.47 Å². The van der Waals surface area contributed by atoms with Crippen LogP contribution < -0.4 is 25.6 Å². The van der Waals surface area contributed by atoms with Crippen molar-refractivity contribution in [1.82, 2.24) is 20.7 Å². The Balaban J connectivity index is 1.49. The fourth-order valence-electron chi connectivity index (χ4n) is 3.94. The number of aryl methyl sites for hydroxylation is 1. The Hall–Kier alpha value is -3.03. The maximum absolute atomic E-state index is 12.8. The molecule has 2 heterocycles. The van der Waals surface area contributed by atoms with Gasteiger partial charge in [-0.2, -0.15) is 0 Å². The molecule has 1 amide bonds. The topological polar surface area (TPSA) is 76.6 Å². The van der Waals surface area contributed by atoms with Crippen LogP contribution in [0.15, 0.2) is 48.5 Å². The second-order valence-corrected chi connectivity index (χ2v) is 7.04. The van der Waals surface area contributed by atoms with Gasteiger partial charge in [0.2, 0.25) is 0 Å². The van der Waals surface area contributed by atoms with Crippen LogP contribution in [-0.4, -0.2) is 30.9 Å². The largest absolute Gasteiger partial charge is 0.497 e. The van der Waals surface area contributed by atoms with Gasteiger partial charge >= 0.3 is 0 Å². The summed E-state index contributed by atoms with van der Waals surface area (Å²) in [5, 5.41) is 4.26. The van der Waals surface area contributed by atoms with Crippen LogP contribution >= 0.6 is 0 Å². The van der Waals surface area contributed by atoms with Crippen LogP contribution in [0.3, 0.4) is 0 Å². The molecule has 3 N–H and O–H groups in total. The highest BCUT2D eigenvalue weighted by Crippen LogP contribution is 2.29. The molecule has 1 aromatic heterocycles. The number of nitrogens with zero attached hydrogens (tertiary/aromatic N) is 1. The molecule has 152 valence electrons. The molecule has 7 nitrogen and oxygen atoms in total. The molecule has 2 unspecified atom stereocenters. The number of fused-ring (bicyclic) bond motifs is 1. The van der Waals surface area contributed by atoms with Crippen molar-refractivity contribution in [3.05, 3.63) is 59.8 Å². The summed E-state index contributed by atoms with van der Waals surface area (Å²) in [4.78, 5) is 12.8. The monoisotopic (exact) mass is 394 g/mol.